The zero-order valence-corrected chi connectivity index (χ0v) is 12.2. The largest absolute Gasteiger partial charge is 0.508 e. The number of hydrogen-bond acceptors (Lipinski definition) is 4. The number of amides is 1. The van der Waals surface area contributed by atoms with Crippen molar-refractivity contribution in [2.45, 2.75) is 18.4 Å². The van der Waals surface area contributed by atoms with E-state index in [0.717, 1.165) is 0 Å². The maximum absolute atomic E-state index is 11.9. The Balaban J connectivity index is 2.20. The lowest BCUT2D eigenvalue weighted by molar-refractivity contribution is -0.128. The fourth-order valence-electron chi connectivity index (χ4n) is 2.42. The normalized spacial score (nSPS) is 20.5. The van der Waals surface area contributed by atoms with E-state index in [4.69, 9.17) is 28.9 Å². The van der Waals surface area contributed by atoms with Gasteiger partial charge in [-0.05, 0) is 12.1 Å². The Hall–Kier alpha value is -1.01. The molecule has 110 valence electrons. The number of β-amino-alcohol motifs (C(OH)–C–C–N with tert-alkyl or cyclic N) is 1. The fourth-order valence-corrected chi connectivity index (χ4v) is 2.89. The molecule has 2 atom stereocenters. The van der Waals surface area contributed by atoms with Crippen LogP contribution in [0.5, 0.6) is 5.75 Å². The lowest BCUT2D eigenvalue weighted by Gasteiger charge is -2.20. The summed E-state index contributed by atoms with van der Waals surface area (Å²) in [6.45, 7) is 0.659. The van der Waals surface area contributed by atoms with E-state index in [1.165, 1.54) is 17.0 Å². The van der Waals surface area contributed by atoms with Gasteiger partial charge in [-0.3, -0.25) is 4.79 Å². The number of nitrogens with two attached hydrogens (primary N) is 1. The van der Waals surface area contributed by atoms with Gasteiger partial charge in [0.05, 0.1) is 16.1 Å². The Labute approximate surface area is 126 Å². The van der Waals surface area contributed by atoms with Crippen LogP contribution in [0.1, 0.15) is 17.9 Å². The number of benzene rings is 1. The molecule has 1 heterocycles. The Bertz CT molecular complexity index is 525. The molecule has 7 heteroatoms. The van der Waals surface area contributed by atoms with E-state index in [0.29, 0.717) is 17.1 Å². The Morgan fingerprint density at radius 3 is 2.80 bits per heavy atom. The highest BCUT2D eigenvalue weighted by Gasteiger charge is 2.34. The lowest BCUT2D eigenvalue weighted by atomic mass is 9.97. The Morgan fingerprint density at radius 1 is 1.45 bits per heavy atom. The van der Waals surface area contributed by atoms with Gasteiger partial charge in [0.2, 0.25) is 5.91 Å². The number of carbonyl (C=O) groups excluding carboxylic acids is 1. The van der Waals surface area contributed by atoms with Gasteiger partial charge in [-0.15, -0.1) is 0 Å². The zero-order valence-electron chi connectivity index (χ0n) is 10.7. The minimum atomic E-state index is -0.749. The monoisotopic (exact) mass is 318 g/mol. The van der Waals surface area contributed by atoms with Crippen molar-refractivity contribution < 1.29 is 15.0 Å². The zero-order chi connectivity index (χ0) is 14.9. The molecule has 1 saturated heterocycles. The number of phenolic OH excluding ortho intramolecular Hbond substituents is 1. The molecule has 0 unspecified atom stereocenters. The van der Waals surface area contributed by atoms with Crippen LogP contribution in [0.4, 0.5) is 0 Å². The molecule has 1 aromatic rings. The summed E-state index contributed by atoms with van der Waals surface area (Å²) < 4.78 is 0. The van der Waals surface area contributed by atoms with Crippen LogP contribution >= 0.6 is 23.2 Å². The van der Waals surface area contributed by atoms with E-state index in [2.05, 4.69) is 0 Å². The van der Waals surface area contributed by atoms with Crippen LogP contribution in [0, 0.1) is 0 Å². The van der Waals surface area contributed by atoms with Gasteiger partial charge in [-0.2, -0.15) is 0 Å². The van der Waals surface area contributed by atoms with Gasteiger partial charge in [0.1, 0.15) is 5.75 Å². The third-order valence-electron chi connectivity index (χ3n) is 3.44. The molecule has 0 aromatic heterocycles. The van der Waals surface area contributed by atoms with E-state index in [1.54, 1.807) is 0 Å². The average molecular weight is 319 g/mol. The van der Waals surface area contributed by atoms with E-state index in [9.17, 15) is 15.0 Å². The highest BCUT2D eigenvalue weighted by Crippen LogP contribution is 2.41. The molecule has 0 radical (unpaired) electrons. The van der Waals surface area contributed by atoms with Crippen LogP contribution in [0.2, 0.25) is 10.0 Å². The molecule has 1 aromatic carbocycles. The number of rotatable bonds is 4. The maximum Gasteiger partial charge on any atom is 0.223 e. The van der Waals surface area contributed by atoms with Crippen LogP contribution in [-0.2, 0) is 4.79 Å². The first-order chi connectivity index (χ1) is 9.43. The fraction of sp³-hybridized carbons (Fsp3) is 0.462. The standard InChI is InChI=1S/C13H16Cl2N2O3/c14-9-1-2-10(19)12(13(9)15)7-3-11(20)17(5-7)6-8(18)4-16/h1-2,7-8,18-19H,3-6,16H2/t7-,8+/m1/s1. The van der Waals surface area contributed by atoms with Crippen molar-refractivity contribution in [1.82, 2.24) is 4.90 Å². The molecular weight excluding hydrogens is 303 g/mol. The van der Waals surface area contributed by atoms with Crippen molar-refractivity contribution in [1.29, 1.82) is 0 Å². The summed E-state index contributed by atoms with van der Waals surface area (Å²) in [5, 5.41) is 20.1. The molecule has 1 amide bonds. The molecule has 0 saturated carbocycles. The first kappa shape index (κ1) is 15.4. The number of phenols is 1. The SMILES string of the molecule is NC[C@H](O)CN1C[C@H](c2c(O)ccc(Cl)c2Cl)CC1=O. The summed E-state index contributed by atoms with van der Waals surface area (Å²) in [7, 11) is 0. The minimum absolute atomic E-state index is 0.0263. The van der Waals surface area contributed by atoms with Crippen molar-refractivity contribution in [2.24, 2.45) is 5.73 Å². The number of carbonyl (C=O) groups is 1. The van der Waals surface area contributed by atoms with Gasteiger partial charge in [-0.1, -0.05) is 23.2 Å². The van der Waals surface area contributed by atoms with Crippen molar-refractivity contribution in [3.63, 3.8) is 0 Å². The first-order valence-electron chi connectivity index (χ1n) is 6.26. The number of halogens is 2. The van der Waals surface area contributed by atoms with Crippen LogP contribution in [0.25, 0.3) is 0 Å². The van der Waals surface area contributed by atoms with Gasteiger partial charge in [-0.25, -0.2) is 0 Å². The quantitative estimate of drug-likeness (QED) is 0.781. The number of hydrogen-bond donors (Lipinski definition) is 3. The molecule has 0 aliphatic carbocycles. The lowest BCUT2D eigenvalue weighted by Crippen LogP contribution is -2.37. The molecule has 0 bridgehead atoms. The number of aliphatic hydroxyl groups is 1. The minimum Gasteiger partial charge on any atom is -0.508 e. The van der Waals surface area contributed by atoms with E-state index >= 15 is 0 Å². The highest BCUT2D eigenvalue weighted by atomic mass is 35.5. The molecule has 1 fully saturated rings. The van der Waals surface area contributed by atoms with Crippen LogP contribution in [0.15, 0.2) is 12.1 Å². The summed E-state index contributed by atoms with van der Waals surface area (Å²) in [6, 6.07) is 2.97. The number of nitrogens with zero attached hydrogens (tertiary/aromatic N) is 1. The summed E-state index contributed by atoms with van der Waals surface area (Å²) in [5.41, 5.74) is 5.83. The second kappa shape index (κ2) is 6.18. The highest BCUT2D eigenvalue weighted by molar-refractivity contribution is 6.42. The third kappa shape index (κ3) is 3.01. The van der Waals surface area contributed by atoms with Crippen molar-refractivity contribution >= 4 is 29.1 Å². The number of aromatic hydroxyl groups is 1. The van der Waals surface area contributed by atoms with E-state index in [-0.39, 0.29) is 42.1 Å². The number of aliphatic hydroxyl groups excluding tert-OH is 1. The predicted octanol–water partition coefficient (Wildman–Crippen LogP) is 1.33. The van der Waals surface area contributed by atoms with E-state index < -0.39 is 6.10 Å². The van der Waals surface area contributed by atoms with E-state index in [1.807, 2.05) is 0 Å². The smallest absolute Gasteiger partial charge is 0.223 e. The van der Waals surface area contributed by atoms with Crippen molar-refractivity contribution in [3.05, 3.63) is 27.7 Å². The second-order valence-electron chi connectivity index (χ2n) is 4.88. The summed E-state index contributed by atoms with van der Waals surface area (Å²) >= 11 is 12.1. The molecule has 5 nitrogen and oxygen atoms in total. The summed E-state index contributed by atoms with van der Waals surface area (Å²) in [5.74, 6) is -0.310. The molecule has 4 N–H and O–H groups in total. The number of likely N-dealkylation sites (tertiary alicyclic amines) is 1. The first-order valence-corrected chi connectivity index (χ1v) is 7.02. The molecule has 0 spiro atoms. The molecule has 1 aliphatic rings. The predicted molar refractivity (Wildman–Crippen MR) is 77.1 cm³/mol. The van der Waals surface area contributed by atoms with Crippen molar-refractivity contribution in [2.75, 3.05) is 19.6 Å². The average Bonchev–Trinajstić information content (AvgIpc) is 2.75. The molecule has 20 heavy (non-hydrogen) atoms. The summed E-state index contributed by atoms with van der Waals surface area (Å²) in [4.78, 5) is 13.5. The molecule has 1 aliphatic heterocycles. The van der Waals surface area contributed by atoms with Crippen LogP contribution in [0.3, 0.4) is 0 Å². The molecule has 2 rings (SSSR count). The topological polar surface area (TPSA) is 86.8 Å². The van der Waals surface area contributed by atoms with Crippen molar-refractivity contribution in [3.8, 4) is 5.75 Å². The van der Waals surface area contributed by atoms with Gasteiger partial charge in [0.25, 0.3) is 0 Å². The Morgan fingerprint density at radius 2 is 2.15 bits per heavy atom. The molecular formula is C13H16Cl2N2O3. The third-order valence-corrected chi connectivity index (χ3v) is 4.25. The maximum atomic E-state index is 11.9. The van der Waals surface area contributed by atoms with Gasteiger partial charge >= 0.3 is 0 Å². The van der Waals surface area contributed by atoms with Gasteiger partial charge in [0.15, 0.2) is 0 Å². The Kier molecular flexibility index (Phi) is 4.75. The van der Waals surface area contributed by atoms with Gasteiger partial charge < -0.3 is 20.8 Å². The second-order valence-corrected chi connectivity index (χ2v) is 5.67. The van der Waals surface area contributed by atoms with Crippen LogP contribution < -0.4 is 5.73 Å². The van der Waals surface area contributed by atoms with Crippen LogP contribution in [-0.4, -0.2) is 46.8 Å². The summed E-state index contributed by atoms with van der Waals surface area (Å²) in [6.07, 6.45) is -0.522. The van der Waals surface area contributed by atoms with Gasteiger partial charge in [0, 0.05) is 37.5 Å².